The average molecular weight is 314 g/mol. The van der Waals surface area contributed by atoms with Crippen LogP contribution in [-0.2, 0) is 11.2 Å². The molecule has 0 spiro atoms. The van der Waals surface area contributed by atoms with Gasteiger partial charge in [-0.25, -0.2) is 0 Å². The van der Waals surface area contributed by atoms with Gasteiger partial charge < -0.3 is 4.74 Å². The minimum atomic E-state index is -0.350. The molecule has 1 aromatic rings. The molecule has 2 atom stereocenters. The molecule has 0 bridgehead atoms. The van der Waals surface area contributed by atoms with E-state index in [0.29, 0.717) is 5.92 Å². The van der Waals surface area contributed by atoms with Crippen molar-refractivity contribution in [2.75, 3.05) is 0 Å². The van der Waals surface area contributed by atoms with Crippen LogP contribution in [0.5, 0.6) is 0 Å². The second-order valence-corrected chi connectivity index (χ2v) is 7.13. The molecule has 2 unspecified atom stereocenters. The van der Waals surface area contributed by atoms with Gasteiger partial charge in [0.2, 0.25) is 0 Å². The quantitative estimate of drug-likeness (QED) is 0.600. The Hall–Kier alpha value is -1.57. The maximum Gasteiger partial charge on any atom is 0.271 e. The Balaban J connectivity index is 1.52. The van der Waals surface area contributed by atoms with Gasteiger partial charge in [0.15, 0.2) is 0 Å². The minimum absolute atomic E-state index is 0.0323. The highest BCUT2D eigenvalue weighted by molar-refractivity contribution is 5.27. The van der Waals surface area contributed by atoms with E-state index in [1.807, 2.05) is 6.92 Å². The molecule has 0 amide bonds. The van der Waals surface area contributed by atoms with Gasteiger partial charge in [0.05, 0.1) is 0 Å². The van der Waals surface area contributed by atoms with Gasteiger partial charge in [-0.3, -0.25) is 0 Å². The first kappa shape index (κ1) is 16.3. The van der Waals surface area contributed by atoms with Gasteiger partial charge in [0.25, 0.3) is 6.01 Å². The summed E-state index contributed by atoms with van der Waals surface area (Å²) in [6, 6.07) is 8.68. The summed E-state index contributed by atoms with van der Waals surface area (Å²) in [4.78, 5) is 0. The van der Waals surface area contributed by atoms with Crippen molar-refractivity contribution in [3.63, 3.8) is 0 Å². The van der Waals surface area contributed by atoms with Crippen molar-refractivity contribution in [1.29, 1.82) is 0 Å². The van der Waals surface area contributed by atoms with Crippen LogP contribution in [0.3, 0.4) is 0 Å². The lowest BCUT2D eigenvalue weighted by Gasteiger charge is -2.23. The zero-order valence-corrected chi connectivity index (χ0v) is 14.3. The number of hydrogen-bond acceptors (Lipinski definition) is 1. The molecule has 0 N–H and O–H groups in total. The fourth-order valence-electron chi connectivity index (χ4n) is 3.54. The summed E-state index contributed by atoms with van der Waals surface area (Å²) in [5.74, 6) is 0.677. The number of ether oxygens (including phenoxy) is 1. The third kappa shape index (κ3) is 4.25. The molecule has 0 saturated heterocycles. The third-order valence-corrected chi connectivity index (χ3v) is 5.29. The summed E-state index contributed by atoms with van der Waals surface area (Å²) in [5, 5.41) is 0. The predicted octanol–water partition coefficient (Wildman–Crippen LogP) is 6.21. The van der Waals surface area contributed by atoms with Crippen molar-refractivity contribution in [3.05, 3.63) is 58.6 Å². The molecule has 0 radical (unpaired) electrons. The lowest BCUT2D eigenvalue weighted by molar-refractivity contribution is 0.0399. The van der Waals surface area contributed by atoms with Crippen molar-refractivity contribution in [3.8, 4) is 0 Å². The summed E-state index contributed by atoms with van der Waals surface area (Å²) < 4.78 is 18.8. The molecule has 1 aromatic carbocycles. The van der Waals surface area contributed by atoms with Gasteiger partial charge in [-0.15, -0.1) is 0 Å². The van der Waals surface area contributed by atoms with E-state index in [-0.39, 0.29) is 12.1 Å². The second kappa shape index (κ2) is 7.33. The number of rotatable bonds is 4. The second-order valence-electron chi connectivity index (χ2n) is 7.13. The number of aryl methyl sites for hydroxylation is 1. The molecule has 3 rings (SSSR count). The third-order valence-electron chi connectivity index (χ3n) is 5.29. The van der Waals surface area contributed by atoms with Crippen LogP contribution < -0.4 is 0 Å². The maximum atomic E-state index is 13.5. The Labute approximate surface area is 139 Å². The van der Waals surface area contributed by atoms with Gasteiger partial charge in [-0.1, -0.05) is 35.9 Å². The highest BCUT2D eigenvalue weighted by atomic mass is 19.1. The van der Waals surface area contributed by atoms with Crippen LogP contribution in [0.1, 0.15) is 69.4 Å². The van der Waals surface area contributed by atoms with Crippen LogP contribution in [0.15, 0.2) is 47.5 Å². The molecule has 124 valence electrons. The van der Waals surface area contributed by atoms with Crippen LogP contribution in [0.2, 0.25) is 0 Å². The number of halogens is 1. The monoisotopic (exact) mass is 314 g/mol. The van der Waals surface area contributed by atoms with Crippen molar-refractivity contribution in [2.45, 2.75) is 70.8 Å². The highest BCUT2D eigenvalue weighted by Gasteiger charge is 2.20. The number of hydrogen-bond donors (Lipinski definition) is 0. The first-order chi connectivity index (χ1) is 11.1. The summed E-state index contributed by atoms with van der Waals surface area (Å²) in [6.45, 7) is 4.04. The summed E-state index contributed by atoms with van der Waals surface area (Å²) in [5.41, 5.74) is 5.06. The molecule has 0 fully saturated rings. The van der Waals surface area contributed by atoms with Crippen LogP contribution in [-0.4, -0.2) is 6.10 Å². The Morgan fingerprint density at radius 3 is 2.52 bits per heavy atom. The Kier molecular flexibility index (Phi) is 5.20. The predicted molar refractivity (Wildman–Crippen MR) is 93.0 cm³/mol. The van der Waals surface area contributed by atoms with E-state index >= 15 is 0 Å². The van der Waals surface area contributed by atoms with Crippen LogP contribution in [0.4, 0.5) is 4.39 Å². The molecular formula is C21H27FO. The SMILES string of the molecule is CC1=CCC(c2ccc(CCC3CCC(C)=C(F)O3)cc2)CC1. The smallest absolute Gasteiger partial charge is 0.271 e. The molecule has 0 aromatic heterocycles. The molecule has 0 saturated carbocycles. The molecule has 23 heavy (non-hydrogen) atoms. The lowest BCUT2D eigenvalue weighted by atomic mass is 9.84. The fraction of sp³-hybridized carbons (Fsp3) is 0.524. The summed E-state index contributed by atoms with van der Waals surface area (Å²) >= 11 is 0. The minimum Gasteiger partial charge on any atom is -0.468 e. The van der Waals surface area contributed by atoms with E-state index in [2.05, 4.69) is 37.3 Å². The Morgan fingerprint density at radius 1 is 1.09 bits per heavy atom. The summed E-state index contributed by atoms with van der Waals surface area (Å²) in [6.07, 6.45) is 9.69. The molecule has 1 nitrogen and oxygen atoms in total. The Bertz CT molecular complexity index is 597. The molecule has 1 aliphatic carbocycles. The average Bonchev–Trinajstić information content (AvgIpc) is 2.57. The van der Waals surface area contributed by atoms with Crippen LogP contribution >= 0.6 is 0 Å². The van der Waals surface area contributed by atoms with E-state index < -0.39 is 0 Å². The fourth-order valence-corrected chi connectivity index (χ4v) is 3.54. The van der Waals surface area contributed by atoms with E-state index in [1.165, 1.54) is 36.0 Å². The normalized spacial score (nSPS) is 25.1. The number of allylic oxidation sites excluding steroid dienone is 3. The first-order valence-corrected chi connectivity index (χ1v) is 8.88. The first-order valence-electron chi connectivity index (χ1n) is 8.88. The van der Waals surface area contributed by atoms with Crippen LogP contribution in [0, 0.1) is 0 Å². The van der Waals surface area contributed by atoms with E-state index in [0.717, 1.165) is 31.3 Å². The van der Waals surface area contributed by atoms with E-state index in [1.54, 1.807) is 0 Å². The molecular weight excluding hydrogens is 287 g/mol. The number of benzene rings is 1. The largest absolute Gasteiger partial charge is 0.468 e. The van der Waals surface area contributed by atoms with Crippen molar-refractivity contribution < 1.29 is 9.13 Å². The standard InChI is InChI=1S/C21H27FO/c1-15-3-9-18(10-4-15)19-11-6-17(7-12-19)8-14-20-13-5-16(2)21(22)23-20/h3,6-7,11-12,18,20H,4-5,8-10,13-14H2,1-2H3. The Morgan fingerprint density at radius 2 is 1.87 bits per heavy atom. The molecule has 2 aliphatic rings. The maximum absolute atomic E-state index is 13.5. The van der Waals surface area contributed by atoms with Gasteiger partial charge in [0.1, 0.15) is 6.10 Å². The van der Waals surface area contributed by atoms with E-state index in [9.17, 15) is 4.39 Å². The van der Waals surface area contributed by atoms with Crippen molar-refractivity contribution in [2.24, 2.45) is 0 Å². The van der Waals surface area contributed by atoms with Gasteiger partial charge in [0, 0.05) is 0 Å². The van der Waals surface area contributed by atoms with Crippen LogP contribution in [0.25, 0.3) is 0 Å². The van der Waals surface area contributed by atoms with Gasteiger partial charge in [-0.05, 0) is 81.4 Å². The molecule has 1 aliphatic heterocycles. The summed E-state index contributed by atoms with van der Waals surface area (Å²) in [7, 11) is 0. The lowest BCUT2D eigenvalue weighted by Crippen LogP contribution is -2.17. The topological polar surface area (TPSA) is 9.23 Å². The highest BCUT2D eigenvalue weighted by Crippen LogP contribution is 2.32. The van der Waals surface area contributed by atoms with Crippen molar-refractivity contribution in [1.82, 2.24) is 0 Å². The van der Waals surface area contributed by atoms with E-state index in [4.69, 9.17) is 4.74 Å². The molecule has 2 heteroatoms. The van der Waals surface area contributed by atoms with Crippen molar-refractivity contribution >= 4 is 0 Å². The zero-order valence-electron chi connectivity index (χ0n) is 14.3. The van der Waals surface area contributed by atoms with Gasteiger partial charge in [-0.2, -0.15) is 4.39 Å². The van der Waals surface area contributed by atoms with Gasteiger partial charge >= 0.3 is 0 Å². The zero-order chi connectivity index (χ0) is 16.2. The molecule has 1 heterocycles.